The van der Waals surface area contributed by atoms with Crippen molar-refractivity contribution in [2.75, 3.05) is 7.05 Å². The molecule has 0 radical (unpaired) electrons. The first kappa shape index (κ1) is 5.48. The van der Waals surface area contributed by atoms with Gasteiger partial charge in [0.2, 0.25) is 0 Å². The van der Waals surface area contributed by atoms with Crippen LogP contribution in [0.5, 0.6) is 0 Å². The van der Waals surface area contributed by atoms with Crippen LogP contribution in [0.1, 0.15) is 19.8 Å². The molecule has 0 aromatic heterocycles. The van der Waals surface area contributed by atoms with E-state index in [9.17, 15) is 0 Å². The van der Waals surface area contributed by atoms with E-state index in [1.807, 2.05) is 0 Å². The fourth-order valence-corrected chi connectivity index (χ4v) is 1.93. The van der Waals surface area contributed by atoms with Gasteiger partial charge < -0.3 is 0 Å². The quantitative estimate of drug-likeness (QED) is 0.440. The summed E-state index contributed by atoms with van der Waals surface area (Å²) in [6.45, 7) is 2.24. The lowest BCUT2D eigenvalue weighted by atomic mass is 9.82. The van der Waals surface area contributed by atoms with Crippen LogP contribution in [-0.4, -0.2) is 24.0 Å². The Morgan fingerprint density at radius 3 is 2.78 bits per heavy atom. The second kappa shape index (κ2) is 1.60. The Morgan fingerprint density at radius 1 is 1.67 bits per heavy atom. The summed E-state index contributed by atoms with van der Waals surface area (Å²) >= 11 is 0. The van der Waals surface area contributed by atoms with Gasteiger partial charge in [-0.2, -0.15) is 0 Å². The molecule has 0 amide bonds. The summed E-state index contributed by atoms with van der Waals surface area (Å²) < 4.78 is 0. The van der Waals surface area contributed by atoms with Gasteiger partial charge in [-0.05, 0) is 26.8 Å². The average molecular weight is 123 g/mol. The van der Waals surface area contributed by atoms with E-state index in [1.54, 1.807) is 5.57 Å². The van der Waals surface area contributed by atoms with E-state index in [0.29, 0.717) is 0 Å². The molecule has 3 aliphatic rings. The number of fused-ring (bicyclic) bond motifs is 1. The fraction of sp³-hybridized carbons (Fsp3) is 0.750. The molecule has 0 saturated carbocycles. The van der Waals surface area contributed by atoms with Crippen molar-refractivity contribution in [3.63, 3.8) is 0 Å². The van der Waals surface area contributed by atoms with Gasteiger partial charge in [-0.15, -0.1) is 0 Å². The van der Waals surface area contributed by atoms with Crippen LogP contribution >= 0.6 is 0 Å². The van der Waals surface area contributed by atoms with Crippen molar-refractivity contribution in [3.05, 3.63) is 11.6 Å². The molecule has 2 bridgehead atoms. The van der Waals surface area contributed by atoms with Crippen LogP contribution in [0.4, 0.5) is 0 Å². The van der Waals surface area contributed by atoms with E-state index in [0.717, 1.165) is 12.1 Å². The topological polar surface area (TPSA) is 3.24 Å². The van der Waals surface area contributed by atoms with Gasteiger partial charge >= 0.3 is 0 Å². The molecule has 1 nitrogen and oxygen atoms in total. The van der Waals surface area contributed by atoms with Crippen molar-refractivity contribution in [1.29, 1.82) is 0 Å². The Morgan fingerprint density at radius 2 is 2.44 bits per heavy atom. The predicted molar refractivity (Wildman–Crippen MR) is 38.3 cm³/mol. The van der Waals surface area contributed by atoms with E-state index in [2.05, 4.69) is 24.9 Å². The van der Waals surface area contributed by atoms with Gasteiger partial charge in [0.15, 0.2) is 0 Å². The molecule has 0 spiro atoms. The first-order valence-electron chi connectivity index (χ1n) is 3.66. The molecule has 0 aromatic carbocycles. The lowest BCUT2D eigenvalue weighted by Crippen LogP contribution is -2.54. The van der Waals surface area contributed by atoms with E-state index in [1.165, 1.54) is 12.8 Å². The number of hydrogen-bond acceptors (Lipinski definition) is 1. The van der Waals surface area contributed by atoms with Crippen molar-refractivity contribution in [2.24, 2.45) is 0 Å². The Hall–Kier alpha value is -0.300. The monoisotopic (exact) mass is 123 g/mol. The first-order chi connectivity index (χ1) is 4.27. The molecule has 0 aromatic rings. The highest BCUT2D eigenvalue weighted by Gasteiger charge is 2.36. The molecular weight excluding hydrogens is 110 g/mol. The normalized spacial score (nSPS) is 41.8. The number of nitrogens with zero attached hydrogens (tertiary/aromatic N) is 1. The van der Waals surface area contributed by atoms with Crippen molar-refractivity contribution < 1.29 is 0 Å². The zero-order chi connectivity index (χ0) is 6.43. The molecule has 2 aliphatic heterocycles. The summed E-state index contributed by atoms with van der Waals surface area (Å²) in [7, 11) is 2.22. The maximum Gasteiger partial charge on any atom is 0.0295 e. The Labute approximate surface area is 56.4 Å². The van der Waals surface area contributed by atoms with Gasteiger partial charge in [-0.1, -0.05) is 11.6 Å². The zero-order valence-corrected chi connectivity index (χ0v) is 6.09. The third kappa shape index (κ3) is 0.645. The minimum absolute atomic E-state index is 0.795. The summed E-state index contributed by atoms with van der Waals surface area (Å²) in [6.07, 6.45) is 5.13. The van der Waals surface area contributed by atoms with Crippen molar-refractivity contribution in [2.45, 2.75) is 31.8 Å². The van der Waals surface area contributed by atoms with Gasteiger partial charge in [0.05, 0.1) is 0 Å². The average Bonchev–Trinajstić information content (AvgIpc) is 1.87. The SMILES string of the molecule is CC1=CC2CC(C1)N2C. The van der Waals surface area contributed by atoms with Crippen molar-refractivity contribution in [3.8, 4) is 0 Å². The van der Waals surface area contributed by atoms with Crippen molar-refractivity contribution in [1.82, 2.24) is 4.90 Å². The summed E-state index contributed by atoms with van der Waals surface area (Å²) in [5.41, 5.74) is 1.59. The Kier molecular flexibility index (Phi) is 0.974. The smallest absolute Gasteiger partial charge is 0.0295 e. The molecule has 2 atom stereocenters. The van der Waals surface area contributed by atoms with E-state index in [-0.39, 0.29) is 0 Å². The van der Waals surface area contributed by atoms with E-state index in [4.69, 9.17) is 0 Å². The molecule has 2 unspecified atom stereocenters. The van der Waals surface area contributed by atoms with Gasteiger partial charge in [-0.3, -0.25) is 4.90 Å². The minimum Gasteiger partial charge on any atom is -0.297 e. The molecule has 1 heteroatoms. The Balaban J connectivity index is 2.19. The van der Waals surface area contributed by atoms with Crippen LogP contribution in [0.25, 0.3) is 0 Å². The van der Waals surface area contributed by atoms with Crippen LogP contribution in [0.15, 0.2) is 11.6 Å². The molecule has 1 saturated heterocycles. The molecule has 9 heavy (non-hydrogen) atoms. The maximum absolute atomic E-state index is 2.47. The van der Waals surface area contributed by atoms with Crippen LogP contribution in [0, 0.1) is 0 Å². The second-order valence-electron chi connectivity index (χ2n) is 3.34. The Bertz CT molecular complexity index is 160. The zero-order valence-electron chi connectivity index (χ0n) is 6.09. The number of likely N-dealkylation sites (N-methyl/N-ethyl adjacent to an activating group) is 1. The number of hydrogen-bond donors (Lipinski definition) is 0. The van der Waals surface area contributed by atoms with E-state index < -0.39 is 0 Å². The molecule has 2 heterocycles. The number of rotatable bonds is 0. The summed E-state index contributed by atoms with van der Waals surface area (Å²) in [5, 5.41) is 0. The molecule has 3 rings (SSSR count). The lowest BCUT2D eigenvalue weighted by Gasteiger charge is -2.49. The summed E-state index contributed by atoms with van der Waals surface area (Å²) in [4.78, 5) is 2.47. The fourth-order valence-electron chi connectivity index (χ4n) is 1.93. The predicted octanol–water partition coefficient (Wildman–Crippen LogP) is 1.41. The molecule has 1 fully saturated rings. The molecule has 50 valence electrons. The molecule has 1 aliphatic carbocycles. The van der Waals surface area contributed by atoms with Crippen LogP contribution < -0.4 is 0 Å². The van der Waals surface area contributed by atoms with Gasteiger partial charge in [0.25, 0.3) is 0 Å². The maximum atomic E-state index is 2.47. The first-order valence-corrected chi connectivity index (χ1v) is 3.66. The second-order valence-corrected chi connectivity index (χ2v) is 3.34. The highest BCUT2D eigenvalue weighted by molar-refractivity contribution is 5.18. The van der Waals surface area contributed by atoms with Crippen LogP contribution in [0.2, 0.25) is 0 Å². The van der Waals surface area contributed by atoms with Crippen LogP contribution in [-0.2, 0) is 0 Å². The van der Waals surface area contributed by atoms with Gasteiger partial charge in [0.1, 0.15) is 0 Å². The van der Waals surface area contributed by atoms with Gasteiger partial charge in [-0.25, -0.2) is 0 Å². The minimum atomic E-state index is 0.795. The highest BCUT2D eigenvalue weighted by Crippen LogP contribution is 2.34. The third-order valence-corrected chi connectivity index (χ3v) is 2.65. The van der Waals surface area contributed by atoms with Crippen LogP contribution in [0.3, 0.4) is 0 Å². The summed E-state index contributed by atoms with van der Waals surface area (Å²) in [6, 6.07) is 1.68. The third-order valence-electron chi connectivity index (χ3n) is 2.65. The largest absolute Gasteiger partial charge is 0.297 e. The summed E-state index contributed by atoms with van der Waals surface area (Å²) in [5.74, 6) is 0. The molecular formula is C8H13N. The highest BCUT2D eigenvalue weighted by atomic mass is 15.2. The van der Waals surface area contributed by atoms with Crippen molar-refractivity contribution >= 4 is 0 Å². The standard InChI is InChI=1S/C8H13N/c1-6-3-7-5-8(4-6)9(7)2/h3,7-8H,4-5H2,1-2H3. The molecule has 0 N–H and O–H groups in total. The lowest BCUT2D eigenvalue weighted by molar-refractivity contribution is 0.0625. The van der Waals surface area contributed by atoms with E-state index >= 15 is 0 Å². The van der Waals surface area contributed by atoms with Gasteiger partial charge in [0, 0.05) is 12.1 Å².